The van der Waals surface area contributed by atoms with Gasteiger partial charge >= 0.3 is 0 Å². The topological polar surface area (TPSA) is 0 Å². The molecule has 0 fully saturated rings. The molecule has 4 aromatic rings. The van der Waals surface area contributed by atoms with Crippen LogP contribution in [0.3, 0.4) is 0 Å². The lowest BCUT2D eigenvalue weighted by molar-refractivity contribution is 1.55. The van der Waals surface area contributed by atoms with Gasteiger partial charge in [0.1, 0.15) is 0 Å². The molecule has 0 N–H and O–H groups in total. The van der Waals surface area contributed by atoms with Gasteiger partial charge in [-0.15, -0.1) is 0 Å². The van der Waals surface area contributed by atoms with Gasteiger partial charge in [-0.25, -0.2) is 0 Å². The third-order valence-electron chi connectivity index (χ3n) is 4.07. The van der Waals surface area contributed by atoms with E-state index in [1.54, 1.807) is 0 Å². The monoisotopic (exact) mass is 388 g/mol. The molecule has 25 heavy (non-hydrogen) atoms. The van der Waals surface area contributed by atoms with E-state index >= 15 is 0 Å². The molecular formula is C24H17Br. The quantitative estimate of drug-likeness (QED) is 0.341. The van der Waals surface area contributed by atoms with Crippen molar-refractivity contribution < 1.29 is 5.48 Å². The Morgan fingerprint density at radius 1 is 0.520 bits per heavy atom. The summed E-state index contributed by atoms with van der Waals surface area (Å²) in [5.74, 6) is 0. The first kappa shape index (κ1) is 11.8. The zero-order chi connectivity index (χ0) is 20.5. The Kier molecular flexibility index (Phi) is 3.35. The molecule has 120 valence electrons. The fraction of sp³-hybridized carbons (Fsp3) is 0. The summed E-state index contributed by atoms with van der Waals surface area (Å²) < 4.78 is 33.2. The maximum Gasteiger partial charge on any atom is 0.0635 e. The average Bonchev–Trinajstić information content (AvgIpc) is 2.77. The van der Waals surface area contributed by atoms with E-state index in [0.717, 1.165) is 22.3 Å². The Balaban J connectivity index is 2.00. The molecule has 0 saturated carbocycles. The second-order valence-corrected chi connectivity index (χ2v) is 6.47. The smallest absolute Gasteiger partial charge is 0.0622 e. The van der Waals surface area contributed by atoms with E-state index in [1.165, 1.54) is 0 Å². The summed E-state index contributed by atoms with van der Waals surface area (Å²) in [6, 6.07) is 25.6. The molecule has 4 rings (SSSR count). The van der Waals surface area contributed by atoms with E-state index < -0.39 is 0 Å². The van der Waals surface area contributed by atoms with Crippen LogP contribution in [-0.2, 0) is 0 Å². The highest BCUT2D eigenvalue weighted by atomic mass is 79.9. The predicted octanol–water partition coefficient (Wildman–Crippen LogP) is 7.45. The maximum absolute atomic E-state index is 8.38. The third-order valence-corrected chi connectivity index (χ3v) is 4.47. The van der Waals surface area contributed by atoms with Crippen LogP contribution >= 0.6 is 15.9 Å². The van der Waals surface area contributed by atoms with Crippen molar-refractivity contribution in [2.24, 2.45) is 0 Å². The van der Waals surface area contributed by atoms with Gasteiger partial charge in [-0.05, 0) is 51.5 Å². The Morgan fingerprint density at radius 3 is 1.68 bits per heavy atom. The zero-order valence-electron chi connectivity index (χ0n) is 17.4. The molecular weight excluding hydrogens is 368 g/mol. The lowest BCUT2D eigenvalue weighted by Gasteiger charge is -2.13. The van der Waals surface area contributed by atoms with Gasteiger partial charge in [0, 0.05) is 4.47 Å². The first-order valence-corrected chi connectivity index (χ1v) is 8.79. The number of rotatable bonds is 3. The van der Waals surface area contributed by atoms with Crippen molar-refractivity contribution in [1.29, 1.82) is 0 Å². The van der Waals surface area contributed by atoms with Gasteiger partial charge in [0.25, 0.3) is 0 Å². The van der Waals surface area contributed by atoms with E-state index in [9.17, 15) is 0 Å². The van der Waals surface area contributed by atoms with Crippen molar-refractivity contribution in [3.05, 3.63) is 108 Å². The van der Waals surface area contributed by atoms with Crippen LogP contribution in [0.4, 0.5) is 0 Å². The van der Waals surface area contributed by atoms with E-state index in [2.05, 4.69) is 28.1 Å². The molecule has 0 aliphatic rings. The highest BCUT2D eigenvalue weighted by Crippen LogP contribution is 2.35. The van der Waals surface area contributed by atoms with Crippen molar-refractivity contribution >= 4 is 15.9 Å². The molecule has 0 heterocycles. The molecule has 0 aliphatic heterocycles. The minimum absolute atomic E-state index is 0.0515. The summed E-state index contributed by atoms with van der Waals surface area (Å²) >= 11 is 3.17. The minimum Gasteiger partial charge on any atom is -0.0622 e. The fourth-order valence-electron chi connectivity index (χ4n) is 2.87. The van der Waals surface area contributed by atoms with Gasteiger partial charge in [-0.3, -0.25) is 0 Å². The summed E-state index contributed by atoms with van der Waals surface area (Å²) in [6.07, 6.45) is 0. The zero-order valence-corrected chi connectivity index (χ0v) is 15.0. The molecule has 0 saturated heterocycles. The van der Waals surface area contributed by atoms with E-state index in [4.69, 9.17) is 5.48 Å². The van der Waals surface area contributed by atoms with Crippen molar-refractivity contribution in [3.8, 4) is 33.4 Å². The molecule has 0 amide bonds. The highest BCUT2D eigenvalue weighted by molar-refractivity contribution is 9.10. The van der Waals surface area contributed by atoms with Crippen molar-refractivity contribution in [2.45, 2.75) is 0 Å². The van der Waals surface area contributed by atoms with Crippen LogP contribution in [0.15, 0.2) is 108 Å². The van der Waals surface area contributed by atoms with Crippen molar-refractivity contribution in [3.63, 3.8) is 0 Å². The molecule has 0 spiro atoms. The van der Waals surface area contributed by atoms with Crippen LogP contribution in [0, 0.1) is 0 Å². The van der Waals surface area contributed by atoms with E-state index in [0.29, 0.717) is 11.1 Å². The number of halogens is 1. The summed E-state index contributed by atoms with van der Waals surface area (Å²) in [4.78, 5) is 0. The number of hydrogen-bond donors (Lipinski definition) is 0. The van der Waals surface area contributed by atoms with Gasteiger partial charge in [-0.1, -0.05) is 101 Å². The second kappa shape index (κ2) is 7.08. The van der Waals surface area contributed by atoms with Crippen LogP contribution in [0.1, 0.15) is 5.48 Å². The second-order valence-electron chi connectivity index (χ2n) is 5.68. The van der Waals surface area contributed by atoms with Gasteiger partial charge in [-0.2, -0.15) is 0 Å². The molecule has 0 bridgehead atoms. The summed E-state index contributed by atoms with van der Waals surface area (Å²) in [5.41, 5.74) is 5.10. The summed E-state index contributed by atoms with van der Waals surface area (Å²) in [5, 5.41) is 0. The standard InChI is InChI=1S/C24H17Br/c25-22-14-11-18(12-15-22)21-13-16-23(19-7-3-1-4-8-19)24(17-21)20-9-5-2-6-10-20/h1-17H/i11D,12D,14D,15D. The SMILES string of the molecule is [2H]c1c([2H])c(-c2ccc(-c3ccccc3)c(-c3ccccc3)c2)c([2H])c([2H])c1Br. The number of hydrogen-bond acceptors (Lipinski definition) is 0. The lowest BCUT2D eigenvalue weighted by Crippen LogP contribution is -1.87. The predicted molar refractivity (Wildman–Crippen MR) is 110 cm³/mol. The van der Waals surface area contributed by atoms with Crippen LogP contribution in [0.25, 0.3) is 33.4 Å². The van der Waals surface area contributed by atoms with Gasteiger partial charge in [0.2, 0.25) is 0 Å². The fourth-order valence-corrected chi connectivity index (χ4v) is 3.07. The summed E-state index contributed by atoms with van der Waals surface area (Å²) in [7, 11) is 0. The first-order chi connectivity index (χ1) is 14.0. The largest absolute Gasteiger partial charge is 0.0635 e. The van der Waals surface area contributed by atoms with Crippen LogP contribution in [0.5, 0.6) is 0 Å². The van der Waals surface area contributed by atoms with E-state index in [1.807, 2.05) is 66.7 Å². The molecule has 4 aromatic carbocycles. The van der Waals surface area contributed by atoms with Crippen LogP contribution in [-0.4, -0.2) is 0 Å². The molecule has 0 radical (unpaired) electrons. The van der Waals surface area contributed by atoms with Crippen molar-refractivity contribution in [1.82, 2.24) is 0 Å². The maximum atomic E-state index is 8.38. The minimum atomic E-state index is -0.0746. The lowest BCUT2D eigenvalue weighted by atomic mass is 9.91. The highest BCUT2D eigenvalue weighted by Gasteiger charge is 2.09. The van der Waals surface area contributed by atoms with Crippen molar-refractivity contribution in [2.75, 3.05) is 0 Å². The Bertz CT molecular complexity index is 1160. The normalized spacial score (nSPS) is 12.8. The molecule has 0 unspecified atom stereocenters. The van der Waals surface area contributed by atoms with Gasteiger partial charge in [0.05, 0.1) is 5.48 Å². The van der Waals surface area contributed by atoms with Crippen LogP contribution < -0.4 is 0 Å². The summed E-state index contributed by atoms with van der Waals surface area (Å²) in [6.45, 7) is 0. The molecule has 0 nitrogen and oxygen atoms in total. The molecule has 1 heteroatoms. The van der Waals surface area contributed by atoms with Gasteiger partial charge in [0.15, 0.2) is 0 Å². The third kappa shape index (κ3) is 3.42. The Hall–Kier alpha value is -2.64. The Morgan fingerprint density at radius 2 is 1.08 bits per heavy atom. The van der Waals surface area contributed by atoms with Gasteiger partial charge < -0.3 is 0 Å². The average molecular weight is 389 g/mol. The first-order valence-electron chi connectivity index (χ1n) is 10.00. The molecule has 0 aliphatic carbocycles. The van der Waals surface area contributed by atoms with Crippen LogP contribution in [0.2, 0.25) is 0 Å². The Labute approximate surface area is 162 Å². The molecule has 0 atom stereocenters. The van der Waals surface area contributed by atoms with E-state index in [-0.39, 0.29) is 28.6 Å². The number of benzene rings is 4. The molecule has 0 aromatic heterocycles.